The Morgan fingerprint density at radius 1 is 1.44 bits per heavy atom. The van der Waals surface area contributed by atoms with Crippen molar-refractivity contribution in [2.24, 2.45) is 5.73 Å². The fourth-order valence-corrected chi connectivity index (χ4v) is 1.94. The topological polar surface area (TPSA) is 62.3 Å². The lowest BCUT2D eigenvalue weighted by Crippen LogP contribution is -2.47. The summed E-state index contributed by atoms with van der Waals surface area (Å²) >= 11 is 0. The van der Waals surface area contributed by atoms with Gasteiger partial charge < -0.3 is 10.5 Å². The second-order valence-electron chi connectivity index (χ2n) is 4.25. The van der Waals surface area contributed by atoms with Crippen molar-refractivity contribution in [3.63, 3.8) is 0 Å². The average Bonchev–Trinajstić information content (AvgIpc) is 2.34. The Hall–Kier alpha value is -1.53. The van der Waals surface area contributed by atoms with Crippen molar-refractivity contribution < 1.29 is 13.5 Å². The van der Waals surface area contributed by atoms with Crippen LogP contribution >= 0.6 is 0 Å². The van der Waals surface area contributed by atoms with Crippen molar-refractivity contribution in [2.75, 3.05) is 19.7 Å². The summed E-state index contributed by atoms with van der Waals surface area (Å²) in [6, 6.07) is 3.81. The number of benzene rings is 1. The first-order valence-corrected chi connectivity index (χ1v) is 5.68. The lowest BCUT2D eigenvalue weighted by atomic mass is 10.1. The summed E-state index contributed by atoms with van der Waals surface area (Å²) in [5.74, 6) is -1.17. The van der Waals surface area contributed by atoms with Crippen LogP contribution in [-0.4, -0.2) is 36.5 Å². The van der Waals surface area contributed by atoms with Gasteiger partial charge in [0.15, 0.2) is 0 Å². The summed E-state index contributed by atoms with van der Waals surface area (Å²) in [6.45, 7) is 1.51. The molecule has 1 unspecified atom stereocenters. The third-order valence-electron chi connectivity index (χ3n) is 2.94. The first-order chi connectivity index (χ1) is 8.58. The van der Waals surface area contributed by atoms with Crippen molar-refractivity contribution in [1.82, 2.24) is 4.90 Å². The summed E-state index contributed by atoms with van der Waals surface area (Å²) in [5, 5.41) is 7.32. The zero-order chi connectivity index (χ0) is 13.1. The Morgan fingerprint density at radius 3 is 2.72 bits per heavy atom. The van der Waals surface area contributed by atoms with Crippen LogP contribution in [0.3, 0.4) is 0 Å². The number of rotatable bonds is 3. The first kappa shape index (κ1) is 12.9. The van der Waals surface area contributed by atoms with E-state index in [0.717, 1.165) is 0 Å². The molecule has 98 valence electrons. The Kier molecular flexibility index (Phi) is 3.88. The monoisotopic (exact) mass is 255 g/mol. The molecule has 1 aliphatic rings. The molecule has 1 heterocycles. The van der Waals surface area contributed by atoms with Gasteiger partial charge in [0.1, 0.15) is 23.6 Å². The Labute approximate surface area is 104 Å². The largest absolute Gasteiger partial charge is 0.385 e. The van der Waals surface area contributed by atoms with Gasteiger partial charge in [0.2, 0.25) is 0 Å². The predicted octanol–water partition coefficient (Wildman–Crippen LogP) is 1.10. The van der Waals surface area contributed by atoms with E-state index in [1.807, 2.05) is 4.90 Å². The highest BCUT2D eigenvalue weighted by Crippen LogP contribution is 2.16. The van der Waals surface area contributed by atoms with Gasteiger partial charge in [-0.2, -0.15) is 0 Å². The van der Waals surface area contributed by atoms with Crippen LogP contribution in [0.2, 0.25) is 0 Å². The number of nitrogens with two attached hydrogens (primary N) is 1. The number of ether oxygens (including phenoxy) is 1. The van der Waals surface area contributed by atoms with E-state index in [-0.39, 0.29) is 17.9 Å². The smallest absolute Gasteiger partial charge is 0.130 e. The molecule has 1 atom stereocenters. The van der Waals surface area contributed by atoms with Crippen LogP contribution in [0.4, 0.5) is 8.78 Å². The maximum Gasteiger partial charge on any atom is 0.130 e. The van der Waals surface area contributed by atoms with E-state index in [1.54, 1.807) is 0 Å². The highest BCUT2D eigenvalue weighted by atomic mass is 19.1. The molecule has 0 aliphatic carbocycles. The summed E-state index contributed by atoms with van der Waals surface area (Å²) in [4.78, 5) is 1.83. The third kappa shape index (κ3) is 2.83. The molecule has 2 rings (SSSR count). The molecule has 18 heavy (non-hydrogen) atoms. The number of amidine groups is 1. The van der Waals surface area contributed by atoms with Crippen molar-refractivity contribution in [3.05, 3.63) is 35.4 Å². The van der Waals surface area contributed by atoms with Crippen LogP contribution in [0.15, 0.2) is 18.2 Å². The van der Waals surface area contributed by atoms with Crippen LogP contribution in [0.1, 0.15) is 5.56 Å². The molecule has 0 aromatic heterocycles. The maximum atomic E-state index is 13.5. The summed E-state index contributed by atoms with van der Waals surface area (Å²) in [5.41, 5.74) is 5.41. The van der Waals surface area contributed by atoms with Gasteiger partial charge in [0, 0.05) is 25.2 Å². The predicted molar refractivity (Wildman–Crippen MR) is 63.3 cm³/mol. The van der Waals surface area contributed by atoms with E-state index in [9.17, 15) is 8.78 Å². The molecule has 1 aliphatic heterocycles. The number of halogens is 2. The van der Waals surface area contributed by atoms with Crippen LogP contribution < -0.4 is 5.73 Å². The molecule has 1 aromatic carbocycles. The summed E-state index contributed by atoms with van der Waals surface area (Å²) < 4.78 is 32.3. The maximum absolute atomic E-state index is 13.5. The van der Waals surface area contributed by atoms with E-state index in [0.29, 0.717) is 19.7 Å². The van der Waals surface area contributed by atoms with E-state index in [4.69, 9.17) is 15.9 Å². The molecule has 1 fully saturated rings. The fraction of sp³-hybridized carbons (Fsp3) is 0.417. The van der Waals surface area contributed by atoms with Crippen molar-refractivity contribution in [1.29, 1.82) is 5.41 Å². The fourth-order valence-electron chi connectivity index (χ4n) is 1.94. The zero-order valence-corrected chi connectivity index (χ0v) is 9.83. The minimum absolute atomic E-state index is 0.0432. The first-order valence-electron chi connectivity index (χ1n) is 5.68. The highest BCUT2D eigenvalue weighted by Gasteiger charge is 2.24. The van der Waals surface area contributed by atoms with Crippen molar-refractivity contribution in [2.45, 2.75) is 12.6 Å². The minimum Gasteiger partial charge on any atom is -0.385 e. The van der Waals surface area contributed by atoms with Crippen LogP contribution in [0.5, 0.6) is 0 Å². The minimum atomic E-state index is -0.555. The lowest BCUT2D eigenvalue weighted by Gasteiger charge is -2.32. The molecule has 0 saturated carbocycles. The van der Waals surface area contributed by atoms with Crippen molar-refractivity contribution in [3.8, 4) is 0 Å². The second kappa shape index (κ2) is 5.41. The lowest BCUT2D eigenvalue weighted by molar-refractivity contribution is 0.00161. The van der Waals surface area contributed by atoms with Gasteiger partial charge in [0.05, 0.1) is 6.61 Å². The van der Waals surface area contributed by atoms with Crippen LogP contribution in [-0.2, 0) is 11.3 Å². The molecule has 0 amide bonds. The van der Waals surface area contributed by atoms with E-state index < -0.39 is 17.7 Å². The van der Waals surface area contributed by atoms with Gasteiger partial charge in [-0.05, 0) is 12.1 Å². The molecule has 1 aromatic rings. The highest BCUT2D eigenvalue weighted by molar-refractivity contribution is 5.82. The van der Waals surface area contributed by atoms with Gasteiger partial charge in [-0.25, -0.2) is 8.78 Å². The van der Waals surface area contributed by atoms with Gasteiger partial charge in [0.25, 0.3) is 0 Å². The number of hydrogen-bond acceptors (Lipinski definition) is 3. The average molecular weight is 255 g/mol. The molecule has 3 N–H and O–H groups in total. The molecule has 0 bridgehead atoms. The quantitative estimate of drug-likeness (QED) is 0.628. The van der Waals surface area contributed by atoms with E-state index in [1.165, 1.54) is 18.2 Å². The summed E-state index contributed by atoms with van der Waals surface area (Å²) in [6.07, 6.45) is -0.492. The zero-order valence-electron chi connectivity index (χ0n) is 9.83. The van der Waals surface area contributed by atoms with Crippen LogP contribution in [0.25, 0.3) is 0 Å². The summed E-state index contributed by atoms with van der Waals surface area (Å²) in [7, 11) is 0. The van der Waals surface area contributed by atoms with Crippen LogP contribution in [0, 0.1) is 17.0 Å². The number of nitrogens with one attached hydrogen (secondary N) is 1. The SMILES string of the molecule is N=C(N)C1CN(Cc2c(F)cccc2F)CCO1. The molecular formula is C12H15F2N3O. The van der Waals surface area contributed by atoms with E-state index in [2.05, 4.69) is 0 Å². The second-order valence-corrected chi connectivity index (χ2v) is 4.25. The Bertz CT molecular complexity index is 433. The van der Waals surface area contributed by atoms with Gasteiger partial charge >= 0.3 is 0 Å². The number of nitrogens with zero attached hydrogens (tertiary/aromatic N) is 1. The standard InChI is InChI=1S/C12H15F2N3O/c13-9-2-1-3-10(14)8(9)6-17-4-5-18-11(7-17)12(15)16/h1-3,11H,4-7H2,(H3,15,16). The molecule has 4 nitrogen and oxygen atoms in total. The van der Waals surface area contributed by atoms with Crippen molar-refractivity contribution >= 4 is 5.84 Å². The number of hydrogen-bond donors (Lipinski definition) is 2. The number of morpholine rings is 1. The van der Waals surface area contributed by atoms with Gasteiger partial charge in [-0.1, -0.05) is 6.07 Å². The molecule has 0 radical (unpaired) electrons. The molecular weight excluding hydrogens is 240 g/mol. The molecule has 0 spiro atoms. The van der Waals surface area contributed by atoms with E-state index >= 15 is 0 Å². The molecule has 1 saturated heterocycles. The molecule has 6 heteroatoms. The Balaban J connectivity index is 2.07. The normalized spacial score (nSPS) is 20.9. The Morgan fingerprint density at radius 2 is 2.11 bits per heavy atom. The van der Waals surface area contributed by atoms with Gasteiger partial charge in [-0.3, -0.25) is 10.3 Å². The third-order valence-corrected chi connectivity index (χ3v) is 2.94. The van der Waals surface area contributed by atoms with Gasteiger partial charge in [-0.15, -0.1) is 0 Å².